The molecule has 1 aromatic rings. The second kappa shape index (κ2) is 14.1. The largest absolute Gasteiger partial charge is 0.354 e. The number of nitrogens with one attached hydrogen (secondary N) is 5. The smallest absolute Gasteiger partial charge is 0.243 e. The van der Waals surface area contributed by atoms with Crippen LogP contribution in [0.5, 0.6) is 0 Å². The maximum atomic E-state index is 12.6. The summed E-state index contributed by atoms with van der Waals surface area (Å²) in [7, 11) is 0. The van der Waals surface area contributed by atoms with Gasteiger partial charge in [-0.2, -0.15) is 0 Å². The van der Waals surface area contributed by atoms with E-state index in [1.165, 1.54) is 0 Å². The summed E-state index contributed by atoms with van der Waals surface area (Å²) < 4.78 is 0. The second-order valence-corrected chi connectivity index (χ2v) is 8.04. The number of amides is 4. The predicted molar refractivity (Wildman–Crippen MR) is 119 cm³/mol. The third-order valence-electron chi connectivity index (χ3n) is 4.18. The Labute approximate surface area is 184 Å². The van der Waals surface area contributed by atoms with Crippen LogP contribution in [0.2, 0.25) is 0 Å². The van der Waals surface area contributed by atoms with E-state index in [9.17, 15) is 19.2 Å². The van der Waals surface area contributed by atoms with Gasteiger partial charge in [-0.05, 0) is 11.5 Å². The highest BCUT2D eigenvalue weighted by molar-refractivity contribution is 5.92. The summed E-state index contributed by atoms with van der Waals surface area (Å²) in [5.41, 5.74) is 0.859. The van der Waals surface area contributed by atoms with E-state index in [4.69, 9.17) is 0 Å². The molecule has 5 N–H and O–H groups in total. The third kappa shape index (κ3) is 12.4. The van der Waals surface area contributed by atoms with Gasteiger partial charge in [-0.25, -0.2) is 0 Å². The van der Waals surface area contributed by atoms with Gasteiger partial charge in [-0.15, -0.1) is 0 Å². The summed E-state index contributed by atoms with van der Waals surface area (Å²) in [5, 5.41) is 13.4. The number of hydrogen-bond acceptors (Lipinski definition) is 5. The van der Waals surface area contributed by atoms with Gasteiger partial charge in [0.2, 0.25) is 23.6 Å². The van der Waals surface area contributed by atoms with Crippen molar-refractivity contribution >= 4 is 23.6 Å². The number of hydrogen-bond donors (Lipinski definition) is 5. The molecule has 0 fully saturated rings. The fourth-order valence-electron chi connectivity index (χ4n) is 2.51. The lowest BCUT2D eigenvalue weighted by molar-refractivity contribution is -0.130. The minimum Gasteiger partial charge on any atom is -0.354 e. The lowest BCUT2D eigenvalue weighted by Gasteiger charge is -2.19. The van der Waals surface area contributed by atoms with Crippen LogP contribution >= 0.6 is 0 Å². The van der Waals surface area contributed by atoms with Gasteiger partial charge in [0.15, 0.2) is 0 Å². The molecule has 9 heteroatoms. The zero-order chi connectivity index (χ0) is 23.2. The molecule has 0 unspecified atom stereocenters. The molecule has 0 spiro atoms. The highest BCUT2D eigenvalue weighted by atomic mass is 16.2. The molecule has 0 aromatic heterocycles. The molecular formula is C22H35N5O4. The molecule has 0 bridgehead atoms. The Morgan fingerprint density at radius 2 is 1.39 bits per heavy atom. The highest BCUT2D eigenvalue weighted by Gasteiger charge is 2.22. The zero-order valence-corrected chi connectivity index (χ0v) is 18.8. The van der Waals surface area contributed by atoms with Gasteiger partial charge in [0.1, 0.15) is 6.04 Å². The van der Waals surface area contributed by atoms with Crippen molar-refractivity contribution in [1.29, 1.82) is 0 Å². The van der Waals surface area contributed by atoms with Crippen LogP contribution in [-0.2, 0) is 25.6 Å². The Bertz CT molecular complexity index is 722. The first-order valence-corrected chi connectivity index (χ1v) is 10.5. The zero-order valence-electron chi connectivity index (χ0n) is 18.8. The van der Waals surface area contributed by atoms with E-state index in [2.05, 4.69) is 26.6 Å². The number of rotatable bonds is 13. The van der Waals surface area contributed by atoms with Crippen molar-refractivity contribution < 1.29 is 19.2 Å². The van der Waals surface area contributed by atoms with Crippen molar-refractivity contribution in [3.63, 3.8) is 0 Å². The molecule has 1 aromatic carbocycles. The van der Waals surface area contributed by atoms with Gasteiger partial charge in [-0.1, -0.05) is 58.0 Å². The minimum absolute atomic E-state index is 0.102. The van der Waals surface area contributed by atoms with E-state index < -0.39 is 17.9 Å². The molecule has 0 heterocycles. The van der Waals surface area contributed by atoms with Crippen LogP contribution in [0, 0.1) is 5.92 Å². The molecule has 0 aliphatic carbocycles. The van der Waals surface area contributed by atoms with Crippen LogP contribution < -0.4 is 26.6 Å². The fourth-order valence-corrected chi connectivity index (χ4v) is 2.51. The Morgan fingerprint density at radius 1 is 0.774 bits per heavy atom. The maximum Gasteiger partial charge on any atom is 0.243 e. The lowest BCUT2D eigenvalue weighted by atomic mass is 10.1. The molecule has 172 valence electrons. The van der Waals surface area contributed by atoms with E-state index in [0.717, 1.165) is 5.56 Å². The van der Waals surface area contributed by atoms with E-state index in [-0.39, 0.29) is 43.9 Å². The van der Waals surface area contributed by atoms with Crippen molar-refractivity contribution in [3.8, 4) is 0 Å². The summed E-state index contributed by atoms with van der Waals surface area (Å²) >= 11 is 0. The van der Waals surface area contributed by atoms with Crippen molar-refractivity contribution in [1.82, 2.24) is 26.6 Å². The van der Waals surface area contributed by atoms with Gasteiger partial charge in [0.05, 0.1) is 19.6 Å². The van der Waals surface area contributed by atoms with Crippen molar-refractivity contribution in [2.75, 3.05) is 26.2 Å². The first-order valence-electron chi connectivity index (χ1n) is 10.5. The van der Waals surface area contributed by atoms with Crippen molar-refractivity contribution in [2.45, 2.75) is 46.2 Å². The summed E-state index contributed by atoms with van der Waals surface area (Å²) in [5.74, 6) is -1.26. The van der Waals surface area contributed by atoms with Crippen molar-refractivity contribution in [2.24, 2.45) is 5.92 Å². The van der Waals surface area contributed by atoms with E-state index in [0.29, 0.717) is 12.5 Å². The second-order valence-electron chi connectivity index (χ2n) is 8.04. The molecule has 9 nitrogen and oxygen atoms in total. The molecule has 0 aliphatic heterocycles. The SMILES string of the molecule is CC(C)CNC(=O)CNC(=O)[C@H](Cc1ccccc1)NC(=O)CNC(=O)CNC(C)C. The van der Waals surface area contributed by atoms with E-state index in [1.807, 2.05) is 58.0 Å². The molecule has 4 amide bonds. The maximum absolute atomic E-state index is 12.6. The average Bonchev–Trinajstić information content (AvgIpc) is 2.73. The van der Waals surface area contributed by atoms with Crippen LogP contribution in [0.15, 0.2) is 30.3 Å². The van der Waals surface area contributed by atoms with E-state index in [1.54, 1.807) is 0 Å². The standard InChI is InChI=1S/C22H35N5O4/c1-15(2)11-24-20(29)13-26-22(31)18(10-17-8-6-5-7-9-17)27-21(30)14-25-19(28)12-23-16(3)4/h5-9,15-16,18,23H,10-14H2,1-4H3,(H,24,29)(H,25,28)(H,26,31)(H,27,30)/t18-/m0/s1. The third-order valence-corrected chi connectivity index (χ3v) is 4.18. The monoisotopic (exact) mass is 433 g/mol. The average molecular weight is 434 g/mol. The molecule has 0 aliphatic rings. The van der Waals surface area contributed by atoms with Gasteiger partial charge in [0.25, 0.3) is 0 Å². The van der Waals surface area contributed by atoms with Gasteiger partial charge in [0, 0.05) is 19.0 Å². The summed E-state index contributed by atoms with van der Waals surface area (Å²) in [6.45, 7) is 7.97. The Kier molecular flexibility index (Phi) is 11.9. The molecule has 1 rings (SSSR count). The minimum atomic E-state index is -0.876. The summed E-state index contributed by atoms with van der Waals surface area (Å²) in [6, 6.07) is 8.51. The van der Waals surface area contributed by atoms with Gasteiger partial charge >= 0.3 is 0 Å². The topological polar surface area (TPSA) is 128 Å². The molecule has 31 heavy (non-hydrogen) atoms. The summed E-state index contributed by atoms with van der Waals surface area (Å²) in [6.07, 6.45) is 0.259. The van der Waals surface area contributed by atoms with E-state index >= 15 is 0 Å². The lowest BCUT2D eigenvalue weighted by Crippen LogP contribution is -2.52. The Hall–Kier alpha value is -2.94. The van der Waals surface area contributed by atoms with Crippen LogP contribution in [0.25, 0.3) is 0 Å². The Balaban J connectivity index is 2.62. The predicted octanol–water partition coefficient (Wildman–Crippen LogP) is -0.283. The van der Waals surface area contributed by atoms with Crippen LogP contribution in [-0.4, -0.2) is 61.9 Å². The highest BCUT2D eigenvalue weighted by Crippen LogP contribution is 2.03. The Morgan fingerprint density at radius 3 is 2.00 bits per heavy atom. The molecule has 0 saturated carbocycles. The normalized spacial score (nSPS) is 11.7. The molecule has 0 saturated heterocycles. The molecule has 0 radical (unpaired) electrons. The number of carbonyl (C=O) groups is 4. The number of benzene rings is 1. The first kappa shape index (κ1) is 26.1. The summed E-state index contributed by atoms with van der Waals surface area (Å²) in [4.78, 5) is 48.6. The van der Waals surface area contributed by atoms with Crippen LogP contribution in [0.1, 0.15) is 33.3 Å². The van der Waals surface area contributed by atoms with Crippen LogP contribution in [0.3, 0.4) is 0 Å². The van der Waals surface area contributed by atoms with Gasteiger partial charge < -0.3 is 26.6 Å². The quantitative estimate of drug-likeness (QED) is 0.292. The molecular weight excluding hydrogens is 398 g/mol. The fraction of sp³-hybridized carbons (Fsp3) is 0.545. The van der Waals surface area contributed by atoms with Crippen molar-refractivity contribution in [3.05, 3.63) is 35.9 Å². The molecule has 1 atom stereocenters. The number of carbonyl (C=O) groups excluding carboxylic acids is 4. The first-order chi connectivity index (χ1) is 14.7. The van der Waals surface area contributed by atoms with Crippen LogP contribution in [0.4, 0.5) is 0 Å². The van der Waals surface area contributed by atoms with Gasteiger partial charge in [-0.3, -0.25) is 19.2 Å².